The first-order valence-electron chi connectivity index (χ1n) is 6.73. The van der Waals surface area contributed by atoms with E-state index in [2.05, 4.69) is 10.4 Å². The molecule has 2 N–H and O–H groups in total. The quantitative estimate of drug-likeness (QED) is 0.514. The Bertz CT molecular complexity index is 759. The molecule has 0 aliphatic rings. The Morgan fingerprint density at radius 3 is 2.33 bits per heavy atom. The van der Waals surface area contributed by atoms with E-state index in [4.69, 9.17) is 0 Å². The Morgan fingerprint density at radius 2 is 1.67 bits per heavy atom. The van der Waals surface area contributed by atoms with Gasteiger partial charge in [-0.25, -0.2) is 5.43 Å². The molecule has 8 heteroatoms. The van der Waals surface area contributed by atoms with Crippen molar-refractivity contribution < 1.29 is 22.8 Å². The van der Waals surface area contributed by atoms with E-state index in [0.717, 1.165) is 18.2 Å². The number of hydrazone groups is 1. The topological polar surface area (TPSA) is 70.6 Å². The number of halogens is 3. The first-order chi connectivity index (χ1) is 11.4. The van der Waals surface area contributed by atoms with Crippen molar-refractivity contribution in [2.45, 2.75) is 6.18 Å². The van der Waals surface area contributed by atoms with E-state index in [1.807, 2.05) is 5.43 Å². The molecule has 0 saturated heterocycles. The van der Waals surface area contributed by atoms with Crippen LogP contribution in [0.25, 0.3) is 0 Å². The van der Waals surface area contributed by atoms with Crippen LogP contribution in [0.4, 0.5) is 18.9 Å². The van der Waals surface area contributed by atoms with Gasteiger partial charge in [0, 0.05) is 5.69 Å². The monoisotopic (exact) mass is 335 g/mol. The Kier molecular flexibility index (Phi) is 5.31. The lowest BCUT2D eigenvalue weighted by Crippen LogP contribution is -2.32. The van der Waals surface area contributed by atoms with Gasteiger partial charge in [-0.2, -0.15) is 18.3 Å². The molecule has 0 spiro atoms. The largest absolute Gasteiger partial charge is 0.416 e. The highest BCUT2D eigenvalue weighted by Crippen LogP contribution is 2.30. The number of carbonyl (C=O) groups is 2. The molecule has 0 aliphatic heterocycles. The third kappa shape index (κ3) is 4.94. The van der Waals surface area contributed by atoms with Crippen LogP contribution in [0.3, 0.4) is 0 Å². The number of rotatable bonds is 3. The van der Waals surface area contributed by atoms with Crippen LogP contribution in [0.5, 0.6) is 0 Å². The summed E-state index contributed by atoms with van der Waals surface area (Å²) in [6, 6.07) is 12.8. The number of hydrogen-bond acceptors (Lipinski definition) is 3. The number of alkyl halides is 3. The molecular weight excluding hydrogens is 323 g/mol. The molecule has 0 saturated carbocycles. The third-order valence-electron chi connectivity index (χ3n) is 2.83. The Balaban J connectivity index is 1.95. The SMILES string of the molecule is O=C(NN=Cc1ccccc1)C(=O)Nc1cccc(C(F)(F)F)c1. The van der Waals surface area contributed by atoms with Crippen LogP contribution in [0.2, 0.25) is 0 Å². The summed E-state index contributed by atoms with van der Waals surface area (Å²) < 4.78 is 37.7. The van der Waals surface area contributed by atoms with E-state index < -0.39 is 23.6 Å². The van der Waals surface area contributed by atoms with Gasteiger partial charge in [0.1, 0.15) is 0 Å². The van der Waals surface area contributed by atoms with Crippen LogP contribution in [0.1, 0.15) is 11.1 Å². The number of carbonyl (C=O) groups excluding carboxylic acids is 2. The minimum atomic E-state index is -4.54. The number of anilines is 1. The highest BCUT2D eigenvalue weighted by molar-refractivity contribution is 6.39. The molecule has 2 aromatic rings. The second-order valence-corrected chi connectivity index (χ2v) is 4.64. The molecule has 2 rings (SSSR count). The van der Waals surface area contributed by atoms with Crippen LogP contribution in [-0.2, 0) is 15.8 Å². The molecule has 0 atom stereocenters. The van der Waals surface area contributed by atoms with Gasteiger partial charge in [-0.05, 0) is 23.8 Å². The van der Waals surface area contributed by atoms with E-state index in [1.54, 1.807) is 30.3 Å². The number of benzene rings is 2. The standard InChI is InChI=1S/C16H12F3N3O2/c17-16(18,19)12-7-4-8-13(9-12)21-14(23)15(24)22-20-10-11-5-2-1-3-6-11/h1-10H,(H,21,23)(H,22,24). The van der Waals surface area contributed by atoms with Crippen molar-refractivity contribution in [1.82, 2.24) is 5.43 Å². The summed E-state index contributed by atoms with van der Waals surface area (Å²) in [6.45, 7) is 0. The number of amides is 2. The smallest absolute Gasteiger partial charge is 0.318 e. The van der Waals surface area contributed by atoms with E-state index in [0.29, 0.717) is 5.56 Å². The van der Waals surface area contributed by atoms with Crippen molar-refractivity contribution in [2.24, 2.45) is 5.10 Å². The fourth-order valence-electron chi connectivity index (χ4n) is 1.72. The van der Waals surface area contributed by atoms with Gasteiger partial charge >= 0.3 is 18.0 Å². The lowest BCUT2D eigenvalue weighted by Gasteiger charge is -2.09. The molecule has 5 nitrogen and oxygen atoms in total. The van der Waals surface area contributed by atoms with E-state index in [1.165, 1.54) is 12.3 Å². The molecule has 2 aromatic carbocycles. The molecular formula is C16H12F3N3O2. The zero-order chi connectivity index (χ0) is 17.6. The maximum Gasteiger partial charge on any atom is 0.416 e. The van der Waals surface area contributed by atoms with Crippen molar-refractivity contribution in [3.8, 4) is 0 Å². The fraction of sp³-hybridized carbons (Fsp3) is 0.0625. The molecule has 2 amide bonds. The first-order valence-corrected chi connectivity index (χ1v) is 6.73. The maximum absolute atomic E-state index is 12.6. The molecule has 0 heterocycles. The second-order valence-electron chi connectivity index (χ2n) is 4.64. The molecule has 124 valence electrons. The Hall–Kier alpha value is -3.16. The molecule has 0 fully saturated rings. The molecule has 0 bridgehead atoms. The van der Waals surface area contributed by atoms with Gasteiger partial charge in [-0.3, -0.25) is 9.59 Å². The number of nitrogens with one attached hydrogen (secondary N) is 2. The van der Waals surface area contributed by atoms with Gasteiger partial charge in [0.2, 0.25) is 0 Å². The Morgan fingerprint density at radius 1 is 0.958 bits per heavy atom. The zero-order valence-electron chi connectivity index (χ0n) is 12.2. The van der Waals surface area contributed by atoms with Crippen LogP contribution in [0.15, 0.2) is 59.7 Å². The lowest BCUT2D eigenvalue weighted by molar-refractivity contribution is -0.137. The summed E-state index contributed by atoms with van der Waals surface area (Å²) in [7, 11) is 0. The molecule has 0 unspecified atom stereocenters. The van der Waals surface area contributed by atoms with Crippen LogP contribution in [0, 0.1) is 0 Å². The average Bonchev–Trinajstić information content (AvgIpc) is 2.55. The normalized spacial score (nSPS) is 11.3. The number of hydrogen-bond donors (Lipinski definition) is 2. The van der Waals surface area contributed by atoms with Gasteiger partial charge in [-0.1, -0.05) is 36.4 Å². The summed E-state index contributed by atoms with van der Waals surface area (Å²) in [6.07, 6.45) is -3.21. The van der Waals surface area contributed by atoms with E-state index >= 15 is 0 Å². The van der Waals surface area contributed by atoms with Crippen molar-refractivity contribution in [3.05, 3.63) is 65.7 Å². The highest BCUT2D eigenvalue weighted by atomic mass is 19.4. The first kappa shape index (κ1) is 17.2. The van der Waals surface area contributed by atoms with E-state index in [-0.39, 0.29) is 5.69 Å². The van der Waals surface area contributed by atoms with Crippen LogP contribution in [-0.4, -0.2) is 18.0 Å². The zero-order valence-corrected chi connectivity index (χ0v) is 12.2. The van der Waals surface area contributed by atoms with Gasteiger partial charge in [0.05, 0.1) is 11.8 Å². The Labute approximate surface area is 135 Å². The summed E-state index contributed by atoms with van der Waals surface area (Å²) in [5, 5.41) is 5.67. The lowest BCUT2D eigenvalue weighted by atomic mass is 10.2. The highest BCUT2D eigenvalue weighted by Gasteiger charge is 2.30. The van der Waals surface area contributed by atoms with Crippen molar-refractivity contribution in [1.29, 1.82) is 0 Å². The second kappa shape index (κ2) is 7.40. The minimum absolute atomic E-state index is 0.142. The summed E-state index contributed by atoms with van der Waals surface area (Å²) in [5.41, 5.74) is 1.63. The van der Waals surface area contributed by atoms with Gasteiger partial charge in [0.15, 0.2) is 0 Å². The van der Waals surface area contributed by atoms with Crippen molar-refractivity contribution in [3.63, 3.8) is 0 Å². The van der Waals surface area contributed by atoms with Crippen molar-refractivity contribution >= 4 is 23.7 Å². The number of nitrogens with zero attached hydrogens (tertiary/aromatic N) is 1. The minimum Gasteiger partial charge on any atom is -0.318 e. The summed E-state index contributed by atoms with van der Waals surface area (Å²) in [5.74, 6) is -2.22. The van der Waals surface area contributed by atoms with Crippen LogP contribution >= 0.6 is 0 Å². The fourth-order valence-corrected chi connectivity index (χ4v) is 1.72. The summed E-state index contributed by atoms with van der Waals surface area (Å²) in [4.78, 5) is 23.2. The molecule has 0 aromatic heterocycles. The molecule has 0 radical (unpaired) electrons. The predicted octanol–water partition coefficient (Wildman–Crippen LogP) is 2.79. The van der Waals surface area contributed by atoms with Gasteiger partial charge in [0.25, 0.3) is 0 Å². The van der Waals surface area contributed by atoms with Crippen molar-refractivity contribution in [2.75, 3.05) is 5.32 Å². The summed E-state index contributed by atoms with van der Waals surface area (Å²) >= 11 is 0. The average molecular weight is 335 g/mol. The van der Waals surface area contributed by atoms with Crippen LogP contribution < -0.4 is 10.7 Å². The van der Waals surface area contributed by atoms with Gasteiger partial charge in [-0.15, -0.1) is 0 Å². The predicted molar refractivity (Wildman–Crippen MR) is 82.3 cm³/mol. The van der Waals surface area contributed by atoms with Gasteiger partial charge < -0.3 is 5.32 Å². The third-order valence-corrected chi connectivity index (χ3v) is 2.83. The van der Waals surface area contributed by atoms with E-state index in [9.17, 15) is 22.8 Å². The maximum atomic E-state index is 12.6. The molecule has 0 aliphatic carbocycles. The molecule has 24 heavy (non-hydrogen) atoms.